The molecule has 0 unspecified atom stereocenters. The van der Waals surface area contributed by atoms with Crippen molar-refractivity contribution >= 4 is 0 Å². The highest BCUT2D eigenvalue weighted by Crippen LogP contribution is 2.26. The Hall–Kier alpha value is -1.05. The third kappa shape index (κ3) is 1.70. The predicted molar refractivity (Wildman–Crippen MR) is 40.1 cm³/mol. The first-order valence-corrected chi connectivity index (χ1v) is 3.77. The summed E-state index contributed by atoms with van der Waals surface area (Å²) < 4.78 is 17.8. The Morgan fingerprint density at radius 1 is 1.18 bits per heavy atom. The maximum Gasteiger partial charge on any atom is 0.123 e. The Kier molecular flexibility index (Phi) is 1.53. The molecule has 1 saturated carbocycles. The lowest BCUT2D eigenvalue weighted by Gasteiger charge is -2.01. The second-order valence-corrected chi connectivity index (χ2v) is 2.77. The molecule has 1 aromatic rings. The van der Waals surface area contributed by atoms with Crippen LogP contribution in [-0.4, -0.2) is 6.10 Å². The van der Waals surface area contributed by atoms with Gasteiger partial charge in [0.1, 0.15) is 11.6 Å². The third-order valence-electron chi connectivity index (χ3n) is 1.64. The van der Waals surface area contributed by atoms with Crippen LogP contribution in [0.15, 0.2) is 24.3 Å². The van der Waals surface area contributed by atoms with Crippen molar-refractivity contribution in [3.63, 3.8) is 0 Å². The van der Waals surface area contributed by atoms with Gasteiger partial charge >= 0.3 is 0 Å². The van der Waals surface area contributed by atoms with Gasteiger partial charge in [-0.3, -0.25) is 0 Å². The van der Waals surface area contributed by atoms with Crippen LogP contribution < -0.4 is 4.74 Å². The maximum atomic E-state index is 12.4. The normalized spacial score (nSPS) is 16.5. The molecule has 0 radical (unpaired) electrons. The summed E-state index contributed by atoms with van der Waals surface area (Å²) in [6.07, 6.45) is 2.66. The Bertz CT molecular complexity index is 238. The molecule has 1 aliphatic rings. The molecule has 0 amide bonds. The van der Waals surface area contributed by atoms with Crippen molar-refractivity contribution in [1.82, 2.24) is 0 Å². The molecule has 11 heavy (non-hydrogen) atoms. The van der Waals surface area contributed by atoms with Crippen molar-refractivity contribution in [1.29, 1.82) is 0 Å². The molecular weight excluding hydrogens is 143 g/mol. The molecule has 0 bridgehead atoms. The summed E-state index contributed by atoms with van der Waals surface area (Å²) in [5.41, 5.74) is 0. The first-order valence-electron chi connectivity index (χ1n) is 3.77. The lowest BCUT2D eigenvalue weighted by atomic mass is 10.3. The van der Waals surface area contributed by atoms with Gasteiger partial charge in [0.25, 0.3) is 0 Å². The Morgan fingerprint density at radius 3 is 2.36 bits per heavy atom. The molecule has 0 N–H and O–H groups in total. The summed E-state index contributed by atoms with van der Waals surface area (Å²) in [6.45, 7) is 0. The van der Waals surface area contributed by atoms with E-state index < -0.39 is 0 Å². The fourth-order valence-corrected chi connectivity index (χ4v) is 0.892. The van der Waals surface area contributed by atoms with Gasteiger partial charge in [-0.2, -0.15) is 0 Å². The fourth-order valence-electron chi connectivity index (χ4n) is 0.892. The van der Waals surface area contributed by atoms with Crippen LogP contribution in [0.3, 0.4) is 0 Å². The molecule has 1 aliphatic carbocycles. The van der Waals surface area contributed by atoms with Crippen molar-refractivity contribution in [2.45, 2.75) is 18.9 Å². The number of ether oxygens (including phenoxy) is 1. The quantitative estimate of drug-likeness (QED) is 0.632. The molecule has 1 aromatic carbocycles. The zero-order valence-electron chi connectivity index (χ0n) is 6.09. The van der Waals surface area contributed by atoms with Crippen LogP contribution in [0.5, 0.6) is 5.75 Å². The molecule has 58 valence electrons. The summed E-state index contributed by atoms with van der Waals surface area (Å²) in [6, 6.07) is 6.15. The van der Waals surface area contributed by atoms with E-state index in [-0.39, 0.29) is 5.82 Å². The van der Waals surface area contributed by atoms with Gasteiger partial charge in [-0.15, -0.1) is 0 Å². The van der Waals surface area contributed by atoms with Crippen LogP contribution in [0.4, 0.5) is 4.39 Å². The molecule has 0 atom stereocenters. The van der Waals surface area contributed by atoms with E-state index in [1.165, 1.54) is 12.1 Å². The Balaban J connectivity index is 2.06. The monoisotopic (exact) mass is 152 g/mol. The highest BCUT2D eigenvalue weighted by Gasteiger charge is 2.23. The van der Waals surface area contributed by atoms with E-state index in [1.807, 2.05) is 0 Å². The van der Waals surface area contributed by atoms with E-state index in [9.17, 15) is 4.39 Å². The second-order valence-electron chi connectivity index (χ2n) is 2.77. The van der Waals surface area contributed by atoms with E-state index in [0.29, 0.717) is 6.10 Å². The van der Waals surface area contributed by atoms with Gasteiger partial charge in [0.05, 0.1) is 6.10 Å². The Morgan fingerprint density at radius 2 is 1.82 bits per heavy atom. The van der Waals surface area contributed by atoms with Crippen LogP contribution in [-0.2, 0) is 0 Å². The maximum absolute atomic E-state index is 12.4. The minimum atomic E-state index is -0.215. The van der Waals surface area contributed by atoms with Gasteiger partial charge < -0.3 is 4.74 Å². The van der Waals surface area contributed by atoms with Gasteiger partial charge in [-0.05, 0) is 37.1 Å². The van der Waals surface area contributed by atoms with Crippen molar-refractivity contribution in [3.8, 4) is 5.75 Å². The summed E-state index contributed by atoms with van der Waals surface area (Å²) >= 11 is 0. The highest BCUT2D eigenvalue weighted by molar-refractivity contribution is 5.22. The first kappa shape index (κ1) is 6.65. The predicted octanol–water partition coefficient (Wildman–Crippen LogP) is 2.37. The molecule has 1 fully saturated rings. The standard InChI is InChI=1S/C9H9FO/c10-7-1-3-8(4-2-7)11-9-5-6-9/h1-4,9H,5-6H2. The molecular formula is C9H9FO. The van der Waals surface area contributed by atoms with E-state index >= 15 is 0 Å². The van der Waals surface area contributed by atoms with Crippen LogP contribution in [0.1, 0.15) is 12.8 Å². The van der Waals surface area contributed by atoms with Gasteiger partial charge in [-0.25, -0.2) is 4.39 Å². The minimum absolute atomic E-state index is 0.215. The molecule has 2 rings (SSSR count). The average Bonchev–Trinajstić information content (AvgIpc) is 2.78. The van der Waals surface area contributed by atoms with Gasteiger partial charge in [0, 0.05) is 0 Å². The van der Waals surface area contributed by atoms with Crippen molar-refractivity contribution < 1.29 is 9.13 Å². The molecule has 0 aromatic heterocycles. The largest absolute Gasteiger partial charge is 0.490 e. The zero-order chi connectivity index (χ0) is 7.68. The fraction of sp³-hybridized carbons (Fsp3) is 0.333. The van der Waals surface area contributed by atoms with Crippen molar-refractivity contribution in [3.05, 3.63) is 30.1 Å². The summed E-state index contributed by atoms with van der Waals surface area (Å²) in [5.74, 6) is 0.557. The number of benzene rings is 1. The SMILES string of the molecule is Fc1ccc(OC2CC2)cc1. The molecule has 0 spiro atoms. The number of hydrogen-bond acceptors (Lipinski definition) is 1. The van der Waals surface area contributed by atoms with E-state index in [1.54, 1.807) is 12.1 Å². The first-order chi connectivity index (χ1) is 5.34. The molecule has 0 aliphatic heterocycles. The lowest BCUT2D eigenvalue weighted by molar-refractivity contribution is 0.302. The van der Waals surface area contributed by atoms with Gasteiger partial charge in [0.2, 0.25) is 0 Å². The van der Waals surface area contributed by atoms with Crippen LogP contribution >= 0.6 is 0 Å². The van der Waals surface area contributed by atoms with E-state index in [2.05, 4.69) is 0 Å². The topological polar surface area (TPSA) is 9.23 Å². The third-order valence-corrected chi connectivity index (χ3v) is 1.64. The molecule has 0 saturated heterocycles. The molecule has 2 heteroatoms. The lowest BCUT2D eigenvalue weighted by Crippen LogP contribution is -1.94. The van der Waals surface area contributed by atoms with E-state index in [0.717, 1.165) is 18.6 Å². The Labute approximate surface area is 64.8 Å². The van der Waals surface area contributed by atoms with E-state index in [4.69, 9.17) is 4.74 Å². The smallest absolute Gasteiger partial charge is 0.123 e. The minimum Gasteiger partial charge on any atom is -0.490 e. The van der Waals surface area contributed by atoms with Gasteiger partial charge in [-0.1, -0.05) is 0 Å². The summed E-state index contributed by atoms with van der Waals surface area (Å²) in [4.78, 5) is 0. The number of rotatable bonds is 2. The van der Waals surface area contributed by atoms with Crippen LogP contribution in [0.25, 0.3) is 0 Å². The number of hydrogen-bond donors (Lipinski definition) is 0. The molecule has 1 nitrogen and oxygen atoms in total. The van der Waals surface area contributed by atoms with Crippen molar-refractivity contribution in [2.24, 2.45) is 0 Å². The average molecular weight is 152 g/mol. The number of halogens is 1. The van der Waals surface area contributed by atoms with Gasteiger partial charge in [0.15, 0.2) is 0 Å². The van der Waals surface area contributed by atoms with Crippen LogP contribution in [0.2, 0.25) is 0 Å². The second kappa shape index (κ2) is 2.53. The zero-order valence-corrected chi connectivity index (χ0v) is 6.09. The highest BCUT2D eigenvalue weighted by atomic mass is 19.1. The molecule has 0 heterocycles. The van der Waals surface area contributed by atoms with Crippen molar-refractivity contribution in [2.75, 3.05) is 0 Å². The summed E-state index contributed by atoms with van der Waals surface area (Å²) in [7, 11) is 0. The van der Waals surface area contributed by atoms with Crippen LogP contribution in [0, 0.1) is 5.82 Å². The summed E-state index contributed by atoms with van der Waals surface area (Å²) in [5, 5.41) is 0.